The molecule has 0 N–H and O–H groups in total. The van der Waals surface area contributed by atoms with Gasteiger partial charge >= 0.3 is 0 Å². The number of hydrogen-bond donors (Lipinski definition) is 0. The van der Waals surface area contributed by atoms with E-state index >= 15 is 0 Å². The van der Waals surface area contributed by atoms with Crippen LogP contribution in [0.2, 0.25) is 0 Å². The van der Waals surface area contributed by atoms with E-state index in [9.17, 15) is 0 Å². The largest absolute Gasteiger partial charge is 0.349 e. The molecule has 4 heteroatoms. The second kappa shape index (κ2) is 3.88. The van der Waals surface area contributed by atoms with Gasteiger partial charge in [-0.15, -0.1) is 0 Å². The van der Waals surface area contributed by atoms with Crippen LogP contribution in [0, 0.1) is 20.8 Å². The molecule has 2 aromatic heterocycles. The van der Waals surface area contributed by atoms with Crippen LogP contribution in [0.3, 0.4) is 0 Å². The van der Waals surface area contributed by atoms with Gasteiger partial charge in [-0.1, -0.05) is 5.16 Å². The maximum Gasteiger partial charge on any atom is 0.223 e. The van der Waals surface area contributed by atoms with E-state index in [0.717, 1.165) is 18.8 Å². The van der Waals surface area contributed by atoms with Crippen molar-refractivity contribution >= 4 is 0 Å². The Labute approximate surface area is 88.9 Å². The van der Waals surface area contributed by atoms with Gasteiger partial charge in [0.2, 0.25) is 5.89 Å². The molecule has 0 saturated carbocycles. The minimum Gasteiger partial charge on any atom is -0.349 e. The molecule has 0 aliphatic heterocycles. The van der Waals surface area contributed by atoms with Crippen LogP contribution in [0.5, 0.6) is 0 Å². The molecule has 15 heavy (non-hydrogen) atoms. The summed E-state index contributed by atoms with van der Waals surface area (Å²) in [5.41, 5.74) is 2.54. The highest BCUT2D eigenvalue weighted by molar-refractivity contribution is 5.13. The van der Waals surface area contributed by atoms with Crippen LogP contribution < -0.4 is 0 Å². The van der Waals surface area contributed by atoms with Crippen molar-refractivity contribution in [2.45, 2.75) is 33.7 Å². The number of hydrogen-bond acceptors (Lipinski definition) is 3. The summed E-state index contributed by atoms with van der Waals surface area (Å²) in [5.74, 6) is 1.41. The summed E-state index contributed by atoms with van der Waals surface area (Å²) in [4.78, 5) is 4.18. The van der Waals surface area contributed by atoms with E-state index in [4.69, 9.17) is 4.52 Å². The number of rotatable bonds is 3. The lowest BCUT2D eigenvalue weighted by molar-refractivity contribution is 0.386. The number of aromatic nitrogens is 3. The topological polar surface area (TPSA) is 43.9 Å². The molecule has 2 heterocycles. The third kappa shape index (κ3) is 2.09. The quantitative estimate of drug-likeness (QED) is 0.770. The van der Waals surface area contributed by atoms with Crippen molar-refractivity contribution in [2.24, 2.45) is 0 Å². The van der Waals surface area contributed by atoms with Gasteiger partial charge in [-0.2, -0.15) is 4.98 Å². The molecule has 0 unspecified atom stereocenters. The molecule has 0 fully saturated rings. The molecule has 80 valence electrons. The van der Waals surface area contributed by atoms with Crippen LogP contribution >= 0.6 is 0 Å². The maximum absolute atomic E-state index is 4.92. The Morgan fingerprint density at radius 2 is 1.87 bits per heavy atom. The predicted molar refractivity (Wildman–Crippen MR) is 56.6 cm³/mol. The highest BCUT2D eigenvalue weighted by atomic mass is 16.5. The van der Waals surface area contributed by atoms with Crippen LogP contribution in [-0.2, 0) is 13.0 Å². The summed E-state index contributed by atoms with van der Waals surface area (Å²) in [6.45, 7) is 6.93. The van der Waals surface area contributed by atoms with Crippen LogP contribution in [0.1, 0.15) is 23.1 Å². The fourth-order valence-electron chi connectivity index (χ4n) is 1.71. The van der Waals surface area contributed by atoms with Gasteiger partial charge < -0.3 is 9.09 Å². The molecule has 2 rings (SSSR count). The van der Waals surface area contributed by atoms with E-state index in [1.54, 1.807) is 0 Å². The van der Waals surface area contributed by atoms with E-state index in [1.807, 2.05) is 6.92 Å². The number of aryl methyl sites for hydroxylation is 4. The minimum absolute atomic E-state index is 0.631. The monoisotopic (exact) mass is 205 g/mol. The maximum atomic E-state index is 4.92. The molecule has 0 aliphatic rings. The van der Waals surface area contributed by atoms with Crippen LogP contribution in [-0.4, -0.2) is 14.7 Å². The van der Waals surface area contributed by atoms with E-state index in [1.165, 1.54) is 11.4 Å². The van der Waals surface area contributed by atoms with Gasteiger partial charge in [-0.3, -0.25) is 0 Å². The summed E-state index contributed by atoms with van der Waals surface area (Å²) in [6.07, 6.45) is 0.813. The van der Waals surface area contributed by atoms with Gasteiger partial charge in [-0.25, -0.2) is 0 Å². The Kier molecular flexibility index (Phi) is 2.58. The SMILES string of the molecule is Cc1nc(CCn2c(C)ccc2C)no1. The van der Waals surface area contributed by atoms with Gasteiger partial charge in [-0.05, 0) is 26.0 Å². The standard InChI is InChI=1S/C11H15N3O/c1-8-4-5-9(2)14(8)7-6-11-12-10(3)15-13-11/h4-5H,6-7H2,1-3H3. The summed E-state index contributed by atoms with van der Waals surface area (Å²) >= 11 is 0. The van der Waals surface area contributed by atoms with Gasteiger partial charge in [0, 0.05) is 31.3 Å². The lowest BCUT2D eigenvalue weighted by atomic mass is 10.4. The van der Waals surface area contributed by atoms with Gasteiger partial charge in [0.25, 0.3) is 0 Å². The van der Waals surface area contributed by atoms with E-state index in [2.05, 4.69) is 40.7 Å². The first-order valence-corrected chi connectivity index (χ1v) is 5.09. The third-order valence-corrected chi connectivity index (χ3v) is 2.55. The minimum atomic E-state index is 0.631. The third-order valence-electron chi connectivity index (χ3n) is 2.55. The molecule has 0 saturated heterocycles. The first kappa shape index (κ1) is 9.96. The van der Waals surface area contributed by atoms with E-state index < -0.39 is 0 Å². The Hall–Kier alpha value is -1.58. The van der Waals surface area contributed by atoms with Crippen molar-refractivity contribution in [3.05, 3.63) is 35.2 Å². The smallest absolute Gasteiger partial charge is 0.223 e. The van der Waals surface area contributed by atoms with Gasteiger partial charge in [0.1, 0.15) is 0 Å². The predicted octanol–water partition coefficient (Wildman–Crippen LogP) is 2.04. The molecule has 2 aromatic rings. The van der Waals surface area contributed by atoms with Crippen molar-refractivity contribution < 1.29 is 4.52 Å². The molecule has 0 amide bonds. The molecule has 0 radical (unpaired) electrons. The summed E-state index contributed by atoms with van der Waals surface area (Å²) < 4.78 is 7.18. The normalized spacial score (nSPS) is 10.9. The zero-order valence-electron chi connectivity index (χ0n) is 9.32. The molecule has 0 aromatic carbocycles. The van der Waals surface area contributed by atoms with Gasteiger partial charge in [0.15, 0.2) is 5.82 Å². The number of nitrogens with zero attached hydrogens (tertiary/aromatic N) is 3. The van der Waals surface area contributed by atoms with Crippen LogP contribution in [0.15, 0.2) is 16.7 Å². The van der Waals surface area contributed by atoms with Crippen molar-refractivity contribution in [3.8, 4) is 0 Å². The average molecular weight is 205 g/mol. The van der Waals surface area contributed by atoms with Gasteiger partial charge in [0.05, 0.1) is 0 Å². The van der Waals surface area contributed by atoms with E-state index in [0.29, 0.717) is 5.89 Å². The lowest BCUT2D eigenvalue weighted by Gasteiger charge is -2.06. The molecule has 0 atom stereocenters. The molecule has 0 spiro atoms. The molecule has 0 bridgehead atoms. The summed E-state index contributed by atoms with van der Waals surface area (Å²) in [6, 6.07) is 4.24. The molecule has 0 aliphatic carbocycles. The Balaban J connectivity index is 2.05. The van der Waals surface area contributed by atoms with Crippen molar-refractivity contribution in [1.29, 1.82) is 0 Å². The highest BCUT2D eigenvalue weighted by Gasteiger charge is 2.05. The molecular formula is C11H15N3O. The Morgan fingerprint density at radius 3 is 2.40 bits per heavy atom. The second-order valence-electron chi connectivity index (χ2n) is 3.75. The highest BCUT2D eigenvalue weighted by Crippen LogP contribution is 2.08. The van der Waals surface area contributed by atoms with Crippen LogP contribution in [0.25, 0.3) is 0 Å². The summed E-state index contributed by atoms with van der Waals surface area (Å²) in [7, 11) is 0. The Morgan fingerprint density at radius 1 is 1.20 bits per heavy atom. The van der Waals surface area contributed by atoms with E-state index in [-0.39, 0.29) is 0 Å². The Bertz CT molecular complexity index is 437. The first-order chi connectivity index (χ1) is 7.16. The fraction of sp³-hybridized carbons (Fsp3) is 0.455. The van der Waals surface area contributed by atoms with Crippen LogP contribution in [0.4, 0.5) is 0 Å². The molecular weight excluding hydrogens is 190 g/mol. The first-order valence-electron chi connectivity index (χ1n) is 5.09. The zero-order valence-corrected chi connectivity index (χ0v) is 9.32. The van der Waals surface area contributed by atoms with Crippen molar-refractivity contribution in [3.63, 3.8) is 0 Å². The average Bonchev–Trinajstić information content (AvgIpc) is 2.73. The second-order valence-corrected chi connectivity index (χ2v) is 3.75. The van der Waals surface area contributed by atoms with Crippen molar-refractivity contribution in [1.82, 2.24) is 14.7 Å². The fourth-order valence-corrected chi connectivity index (χ4v) is 1.71. The molecule has 4 nitrogen and oxygen atoms in total. The summed E-state index contributed by atoms with van der Waals surface area (Å²) in [5, 5.41) is 3.88. The lowest BCUT2D eigenvalue weighted by Crippen LogP contribution is -2.05. The van der Waals surface area contributed by atoms with Crippen molar-refractivity contribution in [2.75, 3.05) is 0 Å². The zero-order chi connectivity index (χ0) is 10.8.